The maximum atomic E-state index is 11.6. The molecule has 1 saturated heterocycles. The number of benzene rings is 1. The van der Waals surface area contributed by atoms with Gasteiger partial charge >= 0.3 is 6.16 Å². The molecular formula is C11H12O6S. The molecule has 0 aromatic heterocycles. The van der Waals surface area contributed by atoms with Gasteiger partial charge in [0.05, 0.1) is 6.61 Å². The number of carbonyl (C=O) groups is 1. The summed E-state index contributed by atoms with van der Waals surface area (Å²) in [6.45, 7) is -0.0997. The monoisotopic (exact) mass is 272 g/mol. The number of cyclic esters (lactones) is 2. The van der Waals surface area contributed by atoms with Crippen molar-refractivity contribution in [3.05, 3.63) is 35.9 Å². The summed E-state index contributed by atoms with van der Waals surface area (Å²) in [5.41, 5.74) is 0.751. The first-order chi connectivity index (χ1) is 8.55. The van der Waals surface area contributed by atoms with Gasteiger partial charge in [0.2, 0.25) is 0 Å². The molecule has 7 heteroatoms. The number of hydrogen-bond acceptors (Lipinski definition) is 6. The molecule has 1 fully saturated rings. The molecule has 1 aliphatic heterocycles. The van der Waals surface area contributed by atoms with Crippen LogP contribution in [0.2, 0.25) is 0 Å². The average Bonchev–Trinajstić information content (AvgIpc) is 2.73. The number of rotatable bonds is 5. The van der Waals surface area contributed by atoms with E-state index in [9.17, 15) is 13.2 Å². The molecule has 0 spiro atoms. The van der Waals surface area contributed by atoms with E-state index >= 15 is 0 Å². The lowest BCUT2D eigenvalue weighted by Crippen LogP contribution is -2.24. The molecule has 0 aliphatic carbocycles. The van der Waals surface area contributed by atoms with Gasteiger partial charge in [-0.15, -0.1) is 0 Å². The third-order valence-corrected chi connectivity index (χ3v) is 3.54. The fourth-order valence-electron chi connectivity index (χ4n) is 1.46. The Bertz CT molecular complexity index is 510. The van der Waals surface area contributed by atoms with Crippen LogP contribution in [0.5, 0.6) is 0 Å². The molecular weight excluding hydrogens is 260 g/mol. The smallest absolute Gasteiger partial charge is 0.430 e. The van der Waals surface area contributed by atoms with Gasteiger partial charge in [0.15, 0.2) is 6.10 Å². The van der Waals surface area contributed by atoms with Crippen LogP contribution in [-0.2, 0) is 30.4 Å². The minimum atomic E-state index is -3.74. The zero-order valence-electron chi connectivity index (χ0n) is 9.44. The summed E-state index contributed by atoms with van der Waals surface area (Å²) in [4.78, 5) is 10.6. The minimum absolute atomic E-state index is 0.0370. The molecule has 0 saturated carbocycles. The highest BCUT2D eigenvalue weighted by molar-refractivity contribution is 7.86. The molecule has 0 amide bonds. The standard InChI is InChI=1S/C11H12O6S/c12-11-15-7-10(17-11)8-18(13,14)16-6-9-4-2-1-3-5-9/h1-5,10H,6-8H2. The lowest BCUT2D eigenvalue weighted by molar-refractivity contribution is 0.121. The average molecular weight is 272 g/mol. The predicted octanol–water partition coefficient (Wildman–Crippen LogP) is 1.07. The zero-order chi connectivity index (χ0) is 13.0. The van der Waals surface area contributed by atoms with Crippen LogP contribution in [0.25, 0.3) is 0 Å². The second-order valence-electron chi connectivity index (χ2n) is 3.77. The van der Waals surface area contributed by atoms with Crippen molar-refractivity contribution < 1.29 is 26.9 Å². The molecule has 1 unspecified atom stereocenters. The largest absolute Gasteiger partial charge is 0.508 e. The fourth-order valence-corrected chi connectivity index (χ4v) is 2.49. The van der Waals surface area contributed by atoms with Crippen molar-refractivity contribution >= 4 is 16.3 Å². The molecule has 0 bridgehead atoms. The molecule has 1 aromatic carbocycles. The van der Waals surface area contributed by atoms with E-state index in [4.69, 9.17) is 4.18 Å². The molecule has 98 valence electrons. The number of ether oxygens (including phenoxy) is 2. The van der Waals surface area contributed by atoms with Crippen molar-refractivity contribution in [2.24, 2.45) is 0 Å². The van der Waals surface area contributed by atoms with Crippen LogP contribution < -0.4 is 0 Å². The van der Waals surface area contributed by atoms with Gasteiger partial charge in [-0.05, 0) is 5.56 Å². The molecule has 1 atom stereocenters. The van der Waals surface area contributed by atoms with E-state index in [0.29, 0.717) is 0 Å². The normalized spacial score (nSPS) is 19.3. The van der Waals surface area contributed by atoms with Crippen molar-refractivity contribution in [1.82, 2.24) is 0 Å². The summed E-state index contributed by atoms with van der Waals surface area (Å²) >= 11 is 0. The first kappa shape index (κ1) is 12.8. The summed E-state index contributed by atoms with van der Waals surface area (Å²) in [5, 5.41) is 0. The summed E-state index contributed by atoms with van der Waals surface area (Å²) in [5.74, 6) is -0.397. The number of carbonyl (C=O) groups excluding carboxylic acids is 1. The molecule has 18 heavy (non-hydrogen) atoms. The van der Waals surface area contributed by atoms with Gasteiger partial charge in [0.1, 0.15) is 12.4 Å². The Kier molecular flexibility index (Phi) is 3.83. The first-order valence-corrected chi connectivity index (χ1v) is 6.87. The van der Waals surface area contributed by atoms with E-state index in [2.05, 4.69) is 9.47 Å². The Morgan fingerprint density at radius 1 is 1.28 bits per heavy atom. The maximum absolute atomic E-state index is 11.6. The Labute approximate surface area is 105 Å². The predicted molar refractivity (Wildman–Crippen MR) is 61.2 cm³/mol. The van der Waals surface area contributed by atoms with Crippen LogP contribution in [0.15, 0.2) is 30.3 Å². The summed E-state index contributed by atoms with van der Waals surface area (Å²) < 4.78 is 37.2. The zero-order valence-corrected chi connectivity index (χ0v) is 10.3. The highest BCUT2D eigenvalue weighted by Gasteiger charge is 2.30. The quantitative estimate of drug-likeness (QED) is 0.589. The van der Waals surface area contributed by atoms with Gasteiger partial charge < -0.3 is 9.47 Å². The van der Waals surface area contributed by atoms with Crippen LogP contribution in [-0.4, -0.2) is 33.0 Å². The summed E-state index contributed by atoms with van der Waals surface area (Å²) in [7, 11) is -3.74. The van der Waals surface area contributed by atoms with Gasteiger partial charge in [0.25, 0.3) is 10.1 Å². The third kappa shape index (κ3) is 3.71. The van der Waals surface area contributed by atoms with Gasteiger partial charge in [-0.3, -0.25) is 4.18 Å². The van der Waals surface area contributed by atoms with Crippen LogP contribution >= 0.6 is 0 Å². The van der Waals surface area contributed by atoms with Crippen LogP contribution in [0.3, 0.4) is 0 Å². The van der Waals surface area contributed by atoms with Gasteiger partial charge in [-0.25, -0.2) is 4.79 Å². The van der Waals surface area contributed by atoms with Gasteiger partial charge in [-0.1, -0.05) is 30.3 Å². The van der Waals surface area contributed by atoms with Crippen molar-refractivity contribution in [3.63, 3.8) is 0 Å². The lowest BCUT2D eigenvalue weighted by Gasteiger charge is -2.08. The highest BCUT2D eigenvalue weighted by atomic mass is 32.2. The van der Waals surface area contributed by atoms with E-state index in [1.54, 1.807) is 24.3 Å². The Balaban J connectivity index is 1.86. The van der Waals surface area contributed by atoms with Crippen LogP contribution in [0.1, 0.15) is 5.56 Å². The summed E-state index contributed by atoms with van der Waals surface area (Å²) in [6.07, 6.45) is -1.64. The Hall–Kier alpha value is -1.60. The molecule has 1 aromatic rings. The molecule has 0 radical (unpaired) electrons. The van der Waals surface area contributed by atoms with Gasteiger partial charge in [-0.2, -0.15) is 8.42 Å². The van der Waals surface area contributed by atoms with Crippen LogP contribution in [0, 0.1) is 0 Å². The van der Waals surface area contributed by atoms with Crippen molar-refractivity contribution in [3.8, 4) is 0 Å². The lowest BCUT2D eigenvalue weighted by atomic mass is 10.2. The van der Waals surface area contributed by atoms with E-state index in [0.717, 1.165) is 5.56 Å². The fraction of sp³-hybridized carbons (Fsp3) is 0.364. The Morgan fingerprint density at radius 3 is 2.61 bits per heavy atom. The number of hydrogen-bond donors (Lipinski definition) is 0. The van der Waals surface area contributed by atoms with E-state index in [1.807, 2.05) is 6.07 Å². The highest BCUT2D eigenvalue weighted by Crippen LogP contribution is 2.11. The second-order valence-corrected chi connectivity index (χ2v) is 5.46. The van der Waals surface area contributed by atoms with E-state index in [-0.39, 0.29) is 13.2 Å². The molecule has 1 heterocycles. The topological polar surface area (TPSA) is 78.9 Å². The summed E-state index contributed by atoms with van der Waals surface area (Å²) in [6, 6.07) is 8.92. The van der Waals surface area contributed by atoms with Crippen molar-refractivity contribution in [1.29, 1.82) is 0 Å². The molecule has 0 N–H and O–H groups in total. The minimum Gasteiger partial charge on any atom is -0.430 e. The van der Waals surface area contributed by atoms with Gasteiger partial charge in [0, 0.05) is 0 Å². The maximum Gasteiger partial charge on any atom is 0.508 e. The third-order valence-electron chi connectivity index (χ3n) is 2.29. The van der Waals surface area contributed by atoms with E-state index in [1.165, 1.54) is 0 Å². The molecule has 1 aliphatic rings. The van der Waals surface area contributed by atoms with Crippen LogP contribution in [0.4, 0.5) is 4.79 Å². The SMILES string of the molecule is O=C1OCC(CS(=O)(=O)OCc2ccccc2)O1. The molecule has 6 nitrogen and oxygen atoms in total. The Morgan fingerprint density at radius 2 is 2.00 bits per heavy atom. The van der Waals surface area contributed by atoms with Crippen molar-refractivity contribution in [2.75, 3.05) is 12.4 Å². The van der Waals surface area contributed by atoms with E-state index < -0.39 is 28.1 Å². The molecule has 2 rings (SSSR count). The van der Waals surface area contributed by atoms with Crippen molar-refractivity contribution in [2.45, 2.75) is 12.7 Å². The second kappa shape index (κ2) is 5.36. The first-order valence-electron chi connectivity index (χ1n) is 5.29.